The molecule has 0 radical (unpaired) electrons. The number of ether oxygens (including phenoxy) is 1. The van der Waals surface area contributed by atoms with Crippen LogP contribution in [0.3, 0.4) is 0 Å². The Bertz CT molecular complexity index is 183. The Morgan fingerprint density at radius 2 is 2.07 bits per heavy atom. The smallest absolute Gasteiger partial charge is 0.331 e. The highest BCUT2D eigenvalue weighted by atomic mass is 35.5. The van der Waals surface area contributed by atoms with Crippen molar-refractivity contribution in [2.45, 2.75) is 24.8 Å². The lowest BCUT2D eigenvalue weighted by Crippen LogP contribution is -2.55. The Balaban J connectivity index is 0. The van der Waals surface area contributed by atoms with Gasteiger partial charge in [0.1, 0.15) is 0 Å². The normalized spacial score (nSPS) is 14.4. The zero-order valence-corrected chi connectivity index (χ0v) is 8.65. The molecule has 0 aliphatic carbocycles. The van der Waals surface area contributed by atoms with E-state index in [4.69, 9.17) is 11.5 Å². The monoisotopic (exact) mass is 232 g/mol. The highest BCUT2D eigenvalue weighted by Gasteiger charge is 2.44. The molecule has 0 aliphatic heterocycles. The maximum absolute atomic E-state index is 12.4. The average molecular weight is 233 g/mol. The number of esters is 1. The molecule has 0 aromatic carbocycles. The molecule has 4 N–H and O–H groups in total. The second-order valence-electron chi connectivity index (χ2n) is 2.72. The van der Waals surface area contributed by atoms with Gasteiger partial charge in [-0.15, -0.1) is 12.4 Å². The minimum absolute atomic E-state index is 0. The van der Waals surface area contributed by atoms with Crippen LogP contribution in [0.1, 0.15) is 12.8 Å². The van der Waals surface area contributed by atoms with Crippen LogP contribution in [0.25, 0.3) is 0 Å². The van der Waals surface area contributed by atoms with Crippen molar-refractivity contribution < 1.29 is 18.3 Å². The zero-order chi connectivity index (χ0) is 10.5. The van der Waals surface area contributed by atoms with Gasteiger partial charge >= 0.3 is 5.97 Å². The quantitative estimate of drug-likeness (QED) is 0.668. The van der Waals surface area contributed by atoms with Gasteiger partial charge in [-0.3, -0.25) is 0 Å². The van der Waals surface area contributed by atoms with Crippen LogP contribution in [-0.2, 0) is 9.53 Å². The first-order valence-electron chi connectivity index (χ1n) is 3.84. The fourth-order valence-corrected chi connectivity index (χ4v) is 0.885. The van der Waals surface area contributed by atoms with E-state index in [-0.39, 0.29) is 31.8 Å². The van der Waals surface area contributed by atoms with E-state index in [2.05, 4.69) is 4.74 Å². The van der Waals surface area contributed by atoms with Crippen LogP contribution in [-0.4, -0.2) is 31.6 Å². The number of nitrogens with two attached hydrogens (primary N) is 2. The van der Waals surface area contributed by atoms with Crippen molar-refractivity contribution >= 4 is 18.4 Å². The average Bonchev–Trinajstić information content (AvgIpc) is 2.12. The Morgan fingerprint density at radius 1 is 1.57 bits per heavy atom. The van der Waals surface area contributed by atoms with Gasteiger partial charge in [-0.05, 0) is 19.4 Å². The lowest BCUT2D eigenvalue weighted by atomic mass is 9.95. The van der Waals surface area contributed by atoms with Crippen LogP contribution in [0, 0.1) is 0 Å². The molecule has 0 bridgehead atoms. The summed E-state index contributed by atoms with van der Waals surface area (Å²) in [7, 11) is 1.02. The van der Waals surface area contributed by atoms with Crippen molar-refractivity contribution in [3.8, 4) is 0 Å². The lowest BCUT2D eigenvalue weighted by molar-refractivity contribution is -0.153. The van der Waals surface area contributed by atoms with Crippen molar-refractivity contribution in [1.29, 1.82) is 0 Å². The first kappa shape index (κ1) is 16.0. The predicted octanol–water partition coefficient (Wildman–Crippen LogP) is 0.283. The summed E-state index contributed by atoms with van der Waals surface area (Å²) in [4.78, 5) is 10.9. The predicted molar refractivity (Wildman–Crippen MR) is 50.5 cm³/mol. The molecule has 86 valence electrons. The molecule has 7 heteroatoms. The maximum atomic E-state index is 12.4. The molecule has 1 unspecified atom stereocenters. The first-order valence-corrected chi connectivity index (χ1v) is 3.84. The van der Waals surface area contributed by atoms with Gasteiger partial charge in [0.15, 0.2) is 5.54 Å². The second-order valence-corrected chi connectivity index (χ2v) is 2.72. The van der Waals surface area contributed by atoms with Gasteiger partial charge in [-0.1, -0.05) is 0 Å². The molecule has 0 aromatic heterocycles. The van der Waals surface area contributed by atoms with Crippen molar-refractivity contribution in [3.05, 3.63) is 0 Å². The second kappa shape index (κ2) is 6.92. The van der Waals surface area contributed by atoms with E-state index in [1.807, 2.05) is 0 Å². The molecule has 4 nitrogen and oxygen atoms in total. The number of hydrogen-bond donors (Lipinski definition) is 2. The molecule has 0 amide bonds. The molecule has 0 saturated heterocycles. The summed E-state index contributed by atoms with van der Waals surface area (Å²) in [5, 5.41) is 0. The fourth-order valence-electron chi connectivity index (χ4n) is 0.885. The number of carbonyl (C=O) groups is 1. The number of alkyl halides is 2. The topological polar surface area (TPSA) is 78.3 Å². The summed E-state index contributed by atoms with van der Waals surface area (Å²) in [6, 6.07) is 0. The van der Waals surface area contributed by atoms with Gasteiger partial charge < -0.3 is 16.2 Å². The minimum atomic E-state index is -2.94. The van der Waals surface area contributed by atoms with Crippen molar-refractivity contribution in [3.63, 3.8) is 0 Å². The van der Waals surface area contributed by atoms with E-state index < -0.39 is 17.9 Å². The van der Waals surface area contributed by atoms with Crippen molar-refractivity contribution in [1.82, 2.24) is 0 Å². The fraction of sp³-hybridized carbons (Fsp3) is 0.857. The highest BCUT2D eigenvalue weighted by molar-refractivity contribution is 5.85. The molecule has 14 heavy (non-hydrogen) atoms. The van der Waals surface area contributed by atoms with Gasteiger partial charge in [0.05, 0.1) is 7.11 Å². The molecule has 0 aliphatic rings. The highest BCUT2D eigenvalue weighted by Crippen LogP contribution is 2.20. The lowest BCUT2D eigenvalue weighted by Gasteiger charge is -2.24. The Morgan fingerprint density at radius 3 is 2.36 bits per heavy atom. The summed E-state index contributed by atoms with van der Waals surface area (Å²) < 4.78 is 28.9. The van der Waals surface area contributed by atoms with E-state index in [1.54, 1.807) is 0 Å². The molecule has 0 spiro atoms. The molecule has 0 rings (SSSR count). The van der Waals surface area contributed by atoms with Crippen LogP contribution < -0.4 is 11.5 Å². The number of rotatable bonds is 5. The van der Waals surface area contributed by atoms with Gasteiger partial charge in [-0.25, -0.2) is 13.6 Å². The third-order valence-electron chi connectivity index (χ3n) is 1.75. The minimum Gasteiger partial charge on any atom is -0.467 e. The molecule has 0 saturated carbocycles. The molecule has 0 heterocycles. The van der Waals surface area contributed by atoms with E-state index >= 15 is 0 Å². The Kier molecular flexibility index (Phi) is 7.90. The van der Waals surface area contributed by atoms with Gasteiger partial charge in [0, 0.05) is 0 Å². The summed E-state index contributed by atoms with van der Waals surface area (Å²) in [6.45, 7) is 0.211. The molecule has 1 atom stereocenters. The van der Waals surface area contributed by atoms with E-state index in [0.29, 0.717) is 0 Å². The Labute approximate surface area is 87.4 Å². The van der Waals surface area contributed by atoms with Crippen LogP contribution in [0.5, 0.6) is 0 Å². The molecule has 0 fully saturated rings. The third kappa shape index (κ3) is 3.73. The summed E-state index contributed by atoms with van der Waals surface area (Å²) in [6.07, 6.45) is -2.85. The van der Waals surface area contributed by atoms with Crippen LogP contribution in [0.15, 0.2) is 0 Å². The van der Waals surface area contributed by atoms with Gasteiger partial charge in [-0.2, -0.15) is 0 Å². The van der Waals surface area contributed by atoms with E-state index in [0.717, 1.165) is 7.11 Å². The summed E-state index contributed by atoms with van der Waals surface area (Å²) in [5.41, 5.74) is 8.11. The van der Waals surface area contributed by atoms with Crippen LogP contribution in [0.2, 0.25) is 0 Å². The number of hydrogen-bond acceptors (Lipinski definition) is 4. The Hall–Kier alpha value is -0.460. The number of halogens is 3. The summed E-state index contributed by atoms with van der Waals surface area (Å²) >= 11 is 0. The third-order valence-corrected chi connectivity index (χ3v) is 1.75. The molecular formula is C7H15ClF2N2O2. The van der Waals surface area contributed by atoms with Gasteiger partial charge in [0.2, 0.25) is 0 Å². The first-order chi connectivity index (χ1) is 5.99. The summed E-state index contributed by atoms with van der Waals surface area (Å²) in [5.74, 6) is -1.10. The largest absolute Gasteiger partial charge is 0.467 e. The van der Waals surface area contributed by atoms with Crippen LogP contribution >= 0.6 is 12.4 Å². The number of carbonyl (C=O) groups excluding carboxylic acids is 1. The maximum Gasteiger partial charge on any atom is 0.331 e. The van der Waals surface area contributed by atoms with E-state index in [1.165, 1.54) is 0 Å². The SMILES string of the molecule is COC(=O)C(N)(CCCN)C(F)F.Cl. The molecule has 0 aromatic rings. The van der Waals surface area contributed by atoms with E-state index in [9.17, 15) is 13.6 Å². The zero-order valence-electron chi connectivity index (χ0n) is 7.83. The van der Waals surface area contributed by atoms with Crippen LogP contribution in [0.4, 0.5) is 8.78 Å². The van der Waals surface area contributed by atoms with Crippen molar-refractivity contribution in [2.75, 3.05) is 13.7 Å². The van der Waals surface area contributed by atoms with Crippen molar-refractivity contribution in [2.24, 2.45) is 11.5 Å². The standard InChI is InChI=1S/C7H14F2N2O2.ClH/c1-13-6(12)7(11,5(8)9)3-2-4-10;/h5H,2-4,10-11H2,1H3;1H. The number of methoxy groups -OCH3 is 1. The molecular weight excluding hydrogens is 218 g/mol. The van der Waals surface area contributed by atoms with Gasteiger partial charge in [0.25, 0.3) is 6.43 Å².